The van der Waals surface area contributed by atoms with E-state index in [1.807, 2.05) is 24.3 Å². The molecule has 3 N–H and O–H groups in total. The highest BCUT2D eigenvalue weighted by Gasteiger charge is 2.50. The fourth-order valence-electron chi connectivity index (χ4n) is 6.20. The average Bonchev–Trinajstić information content (AvgIpc) is 2.68. The Balaban J connectivity index is 1.26. The molecule has 4 nitrogen and oxygen atoms in total. The molecule has 150 valence electrons. The standard InChI is InChI=1S/C25H27NO3/c27-22(7-1-16-2-8-23(28)24(29)12-16)20-3-5-21(6-4-20)26-25-13-17-9-18(14-25)11-19(10-17)15-25/h1-8,12,17-19,26,28-29H,9-11,13-15H2/b7-1+. The Kier molecular flexibility index (Phi) is 4.38. The zero-order valence-corrected chi connectivity index (χ0v) is 16.5. The van der Waals surface area contributed by atoms with E-state index in [1.165, 1.54) is 56.7 Å². The van der Waals surface area contributed by atoms with Gasteiger partial charge in [0.05, 0.1) is 0 Å². The fourth-order valence-corrected chi connectivity index (χ4v) is 6.20. The quantitative estimate of drug-likeness (QED) is 0.365. The van der Waals surface area contributed by atoms with Gasteiger partial charge in [-0.3, -0.25) is 4.79 Å². The van der Waals surface area contributed by atoms with Crippen LogP contribution in [0.1, 0.15) is 54.4 Å². The Bertz CT molecular complexity index is 925. The summed E-state index contributed by atoms with van der Waals surface area (Å²) in [5.41, 5.74) is 2.67. The van der Waals surface area contributed by atoms with E-state index in [2.05, 4.69) is 5.32 Å². The smallest absolute Gasteiger partial charge is 0.185 e. The van der Waals surface area contributed by atoms with Crippen molar-refractivity contribution in [2.45, 2.75) is 44.1 Å². The molecule has 4 aliphatic carbocycles. The molecular formula is C25H27NO3. The molecular weight excluding hydrogens is 362 g/mol. The highest BCUT2D eigenvalue weighted by Crippen LogP contribution is 2.56. The number of aromatic hydroxyl groups is 2. The number of hydrogen-bond donors (Lipinski definition) is 3. The minimum absolute atomic E-state index is 0.0843. The maximum Gasteiger partial charge on any atom is 0.185 e. The Labute approximate surface area is 171 Å². The van der Waals surface area contributed by atoms with E-state index >= 15 is 0 Å². The van der Waals surface area contributed by atoms with Gasteiger partial charge in [0, 0.05) is 16.8 Å². The van der Waals surface area contributed by atoms with E-state index in [1.54, 1.807) is 12.1 Å². The lowest BCUT2D eigenvalue weighted by molar-refractivity contribution is 0.0107. The highest BCUT2D eigenvalue weighted by atomic mass is 16.3. The first kappa shape index (κ1) is 18.3. The second kappa shape index (κ2) is 6.94. The van der Waals surface area contributed by atoms with E-state index in [0.29, 0.717) is 11.1 Å². The number of phenols is 2. The first-order chi connectivity index (χ1) is 14.0. The second-order valence-corrected chi connectivity index (χ2v) is 9.35. The molecule has 29 heavy (non-hydrogen) atoms. The molecule has 0 saturated heterocycles. The normalized spacial score (nSPS) is 30.0. The number of hydrogen-bond acceptors (Lipinski definition) is 4. The zero-order chi connectivity index (χ0) is 20.0. The third kappa shape index (κ3) is 3.64. The summed E-state index contributed by atoms with van der Waals surface area (Å²) in [5, 5.41) is 22.8. The highest BCUT2D eigenvalue weighted by molar-refractivity contribution is 6.07. The second-order valence-electron chi connectivity index (χ2n) is 9.35. The number of benzene rings is 2. The van der Waals surface area contributed by atoms with Crippen LogP contribution in [0.2, 0.25) is 0 Å². The van der Waals surface area contributed by atoms with Crippen LogP contribution in [0.15, 0.2) is 48.5 Å². The van der Waals surface area contributed by atoms with Gasteiger partial charge in [-0.1, -0.05) is 12.1 Å². The summed E-state index contributed by atoms with van der Waals surface area (Å²) in [6.07, 6.45) is 11.3. The lowest BCUT2D eigenvalue weighted by Gasteiger charge is -2.57. The molecule has 0 aliphatic heterocycles. The van der Waals surface area contributed by atoms with Gasteiger partial charge in [-0.2, -0.15) is 0 Å². The molecule has 6 rings (SSSR count). The van der Waals surface area contributed by atoms with E-state index in [-0.39, 0.29) is 22.8 Å². The van der Waals surface area contributed by atoms with Crippen LogP contribution in [0.25, 0.3) is 6.08 Å². The van der Waals surface area contributed by atoms with Crippen LogP contribution in [0.5, 0.6) is 11.5 Å². The summed E-state index contributed by atoms with van der Waals surface area (Å²) in [6, 6.07) is 12.3. The van der Waals surface area contributed by atoms with Gasteiger partial charge in [0.1, 0.15) is 0 Å². The Morgan fingerprint density at radius 1 is 0.897 bits per heavy atom. The van der Waals surface area contributed by atoms with Gasteiger partial charge < -0.3 is 15.5 Å². The van der Waals surface area contributed by atoms with Crippen molar-refractivity contribution in [3.8, 4) is 11.5 Å². The fraction of sp³-hybridized carbons (Fsp3) is 0.400. The van der Waals surface area contributed by atoms with Gasteiger partial charge in [-0.05, 0) is 104 Å². The van der Waals surface area contributed by atoms with E-state index in [0.717, 1.165) is 23.4 Å². The molecule has 0 amide bonds. The maximum atomic E-state index is 12.5. The first-order valence-electron chi connectivity index (χ1n) is 10.6. The Hall–Kier alpha value is -2.75. The number of carbonyl (C=O) groups excluding carboxylic acids is 1. The molecule has 4 aliphatic rings. The summed E-state index contributed by atoms with van der Waals surface area (Å²) in [7, 11) is 0. The molecule has 0 atom stereocenters. The van der Waals surface area contributed by atoms with Gasteiger partial charge >= 0.3 is 0 Å². The van der Waals surface area contributed by atoms with Crippen LogP contribution < -0.4 is 5.32 Å². The summed E-state index contributed by atoms with van der Waals surface area (Å²) >= 11 is 0. The molecule has 0 unspecified atom stereocenters. The summed E-state index contributed by atoms with van der Waals surface area (Å²) < 4.78 is 0. The van der Waals surface area contributed by atoms with Crippen molar-refractivity contribution in [1.29, 1.82) is 0 Å². The number of ketones is 1. The Morgan fingerprint density at radius 2 is 1.52 bits per heavy atom. The molecule has 4 bridgehead atoms. The minimum Gasteiger partial charge on any atom is -0.504 e. The van der Waals surface area contributed by atoms with E-state index in [9.17, 15) is 15.0 Å². The molecule has 0 heterocycles. The summed E-state index contributed by atoms with van der Waals surface area (Å²) in [6.45, 7) is 0. The molecule has 0 radical (unpaired) electrons. The summed E-state index contributed by atoms with van der Waals surface area (Å²) in [4.78, 5) is 12.5. The SMILES string of the molecule is O=C(/C=C/c1ccc(O)c(O)c1)c1ccc(NC23CC4CC(CC(C4)C2)C3)cc1. The van der Waals surface area contributed by atoms with Crippen LogP contribution in [0.3, 0.4) is 0 Å². The number of rotatable bonds is 5. The van der Waals surface area contributed by atoms with Gasteiger partial charge in [0.2, 0.25) is 0 Å². The van der Waals surface area contributed by atoms with Crippen LogP contribution in [0.4, 0.5) is 5.69 Å². The number of allylic oxidation sites excluding steroid dienone is 1. The third-order valence-electron chi connectivity index (χ3n) is 7.04. The molecule has 4 fully saturated rings. The molecule has 0 aromatic heterocycles. The van der Waals surface area contributed by atoms with Gasteiger partial charge in [0.15, 0.2) is 17.3 Å². The molecule has 4 heteroatoms. The lowest BCUT2D eigenvalue weighted by atomic mass is 9.53. The molecule has 2 aromatic rings. The average molecular weight is 389 g/mol. The van der Waals surface area contributed by atoms with Crippen molar-refractivity contribution < 1.29 is 15.0 Å². The monoisotopic (exact) mass is 389 g/mol. The van der Waals surface area contributed by atoms with Gasteiger partial charge in [-0.15, -0.1) is 0 Å². The predicted octanol–water partition coefficient (Wildman–Crippen LogP) is 5.37. The molecule has 0 spiro atoms. The number of carbonyl (C=O) groups is 1. The first-order valence-corrected chi connectivity index (χ1v) is 10.6. The molecule has 4 saturated carbocycles. The zero-order valence-electron chi connectivity index (χ0n) is 16.5. The van der Waals surface area contributed by atoms with Crippen LogP contribution in [-0.4, -0.2) is 21.5 Å². The largest absolute Gasteiger partial charge is 0.504 e. The predicted molar refractivity (Wildman–Crippen MR) is 114 cm³/mol. The van der Waals surface area contributed by atoms with E-state index in [4.69, 9.17) is 0 Å². The van der Waals surface area contributed by atoms with Gasteiger partial charge in [0.25, 0.3) is 0 Å². The molecule has 2 aromatic carbocycles. The van der Waals surface area contributed by atoms with Crippen molar-refractivity contribution in [2.75, 3.05) is 5.32 Å². The van der Waals surface area contributed by atoms with E-state index < -0.39 is 0 Å². The van der Waals surface area contributed by atoms with Gasteiger partial charge in [-0.25, -0.2) is 0 Å². The summed E-state index contributed by atoms with van der Waals surface area (Å²) in [5.74, 6) is 2.26. The van der Waals surface area contributed by atoms with Crippen LogP contribution in [0, 0.1) is 17.8 Å². The topological polar surface area (TPSA) is 69.6 Å². The van der Waals surface area contributed by atoms with Crippen molar-refractivity contribution in [2.24, 2.45) is 17.8 Å². The Morgan fingerprint density at radius 3 is 2.10 bits per heavy atom. The maximum absolute atomic E-state index is 12.5. The van der Waals surface area contributed by atoms with Crippen molar-refractivity contribution in [1.82, 2.24) is 0 Å². The third-order valence-corrected chi connectivity index (χ3v) is 7.04. The minimum atomic E-state index is -0.195. The number of anilines is 1. The number of nitrogens with one attached hydrogen (secondary N) is 1. The van der Waals surface area contributed by atoms with Crippen molar-refractivity contribution in [3.05, 3.63) is 59.7 Å². The number of phenolic OH excluding ortho intramolecular Hbond substituents is 2. The van der Waals surface area contributed by atoms with Crippen LogP contribution >= 0.6 is 0 Å². The van der Waals surface area contributed by atoms with Crippen molar-refractivity contribution in [3.63, 3.8) is 0 Å². The lowest BCUT2D eigenvalue weighted by Crippen LogP contribution is -2.54. The van der Waals surface area contributed by atoms with Crippen LogP contribution in [-0.2, 0) is 0 Å². The van der Waals surface area contributed by atoms with Crippen molar-refractivity contribution >= 4 is 17.5 Å².